The summed E-state index contributed by atoms with van der Waals surface area (Å²) in [5.41, 5.74) is 6.24. The van der Waals surface area contributed by atoms with Gasteiger partial charge in [-0.25, -0.2) is 8.78 Å². The smallest absolute Gasteiger partial charge is 0.130 e. The molecule has 0 aromatic heterocycles. The van der Waals surface area contributed by atoms with E-state index in [9.17, 15) is 8.78 Å². The minimum Gasteiger partial charge on any atom is -0.323 e. The van der Waals surface area contributed by atoms with Crippen molar-refractivity contribution in [3.63, 3.8) is 0 Å². The first-order chi connectivity index (χ1) is 8.96. The van der Waals surface area contributed by atoms with Crippen molar-refractivity contribution in [3.8, 4) is 0 Å². The van der Waals surface area contributed by atoms with Gasteiger partial charge in [0, 0.05) is 11.6 Å². The number of nitrogens with two attached hydrogens (primary N) is 1. The number of hydrogen-bond acceptors (Lipinski definition) is 1. The summed E-state index contributed by atoms with van der Waals surface area (Å²) in [5, 5.41) is 0. The summed E-state index contributed by atoms with van der Waals surface area (Å²) < 4.78 is 27.9. The largest absolute Gasteiger partial charge is 0.323 e. The van der Waals surface area contributed by atoms with Gasteiger partial charge in [-0.3, -0.25) is 0 Å². The maximum Gasteiger partial charge on any atom is 0.130 e. The third kappa shape index (κ3) is 2.81. The van der Waals surface area contributed by atoms with Crippen LogP contribution in [0.3, 0.4) is 0 Å². The molecule has 1 saturated carbocycles. The Morgan fingerprint density at radius 3 is 2.16 bits per heavy atom. The fourth-order valence-electron chi connectivity index (χ4n) is 3.65. The minimum absolute atomic E-state index is 0.0741. The van der Waals surface area contributed by atoms with E-state index in [-0.39, 0.29) is 11.0 Å². The van der Waals surface area contributed by atoms with E-state index in [1.54, 1.807) is 0 Å². The first-order valence-electron chi connectivity index (χ1n) is 7.16. The monoisotopic (exact) mass is 267 g/mol. The summed E-state index contributed by atoms with van der Waals surface area (Å²) in [4.78, 5) is 0. The molecule has 0 radical (unpaired) electrons. The highest BCUT2D eigenvalue weighted by atomic mass is 19.1. The highest BCUT2D eigenvalue weighted by molar-refractivity contribution is 5.25. The van der Waals surface area contributed by atoms with E-state index in [0.717, 1.165) is 32.1 Å². The third-order valence-corrected chi connectivity index (χ3v) is 4.38. The van der Waals surface area contributed by atoms with Crippen molar-refractivity contribution >= 4 is 0 Å². The predicted molar refractivity (Wildman–Crippen MR) is 73.6 cm³/mol. The van der Waals surface area contributed by atoms with Gasteiger partial charge in [-0.1, -0.05) is 32.8 Å². The Morgan fingerprint density at radius 1 is 1.16 bits per heavy atom. The van der Waals surface area contributed by atoms with Crippen LogP contribution in [0.2, 0.25) is 0 Å². The molecule has 0 bridgehead atoms. The first-order valence-corrected chi connectivity index (χ1v) is 7.16. The zero-order chi connectivity index (χ0) is 14.0. The predicted octanol–water partition coefficient (Wildman–Crippen LogP) is 4.57. The molecular weight excluding hydrogens is 244 g/mol. The summed E-state index contributed by atoms with van der Waals surface area (Å²) in [5.74, 6) is -0.538. The van der Waals surface area contributed by atoms with Gasteiger partial charge in [-0.2, -0.15) is 0 Å². The fraction of sp³-hybridized carbons (Fsp3) is 0.625. The Morgan fingerprint density at radius 2 is 1.68 bits per heavy atom. The van der Waals surface area contributed by atoms with E-state index in [4.69, 9.17) is 5.73 Å². The molecule has 19 heavy (non-hydrogen) atoms. The van der Waals surface area contributed by atoms with Crippen LogP contribution in [-0.4, -0.2) is 0 Å². The van der Waals surface area contributed by atoms with Crippen molar-refractivity contribution in [3.05, 3.63) is 35.4 Å². The van der Waals surface area contributed by atoms with Crippen LogP contribution in [-0.2, 0) is 0 Å². The Hall–Kier alpha value is -0.960. The normalized spacial score (nSPS) is 19.9. The number of benzene rings is 1. The van der Waals surface area contributed by atoms with Gasteiger partial charge in [0.15, 0.2) is 0 Å². The Balaban J connectivity index is 2.37. The van der Waals surface area contributed by atoms with Crippen molar-refractivity contribution in [1.82, 2.24) is 0 Å². The van der Waals surface area contributed by atoms with Gasteiger partial charge in [0.05, 0.1) is 0 Å². The summed E-state index contributed by atoms with van der Waals surface area (Å²) in [7, 11) is 0. The molecule has 1 aliphatic rings. The second kappa shape index (κ2) is 5.58. The molecule has 1 aromatic rings. The van der Waals surface area contributed by atoms with Crippen LogP contribution in [0, 0.1) is 23.0 Å². The minimum atomic E-state index is -0.543. The highest BCUT2D eigenvalue weighted by Gasteiger charge is 2.42. The van der Waals surface area contributed by atoms with E-state index in [2.05, 4.69) is 13.8 Å². The van der Waals surface area contributed by atoms with Crippen molar-refractivity contribution in [1.29, 1.82) is 0 Å². The zero-order valence-electron chi connectivity index (χ0n) is 11.8. The van der Waals surface area contributed by atoms with Crippen molar-refractivity contribution in [2.75, 3.05) is 0 Å². The molecule has 1 aliphatic carbocycles. The van der Waals surface area contributed by atoms with Crippen LogP contribution >= 0.6 is 0 Å². The van der Waals surface area contributed by atoms with Crippen LogP contribution in [0.4, 0.5) is 8.78 Å². The Kier molecular flexibility index (Phi) is 4.24. The average Bonchev–Trinajstić information content (AvgIpc) is 2.77. The molecule has 1 fully saturated rings. The topological polar surface area (TPSA) is 26.0 Å². The molecule has 1 aromatic carbocycles. The second-order valence-corrected chi connectivity index (χ2v) is 6.28. The van der Waals surface area contributed by atoms with Gasteiger partial charge >= 0.3 is 0 Å². The molecule has 3 heteroatoms. The second-order valence-electron chi connectivity index (χ2n) is 6.28. The molecule has 0 heterocycles. The molecule has 1 atom stereocenters. The lowest BCUT2D eigenvalue weighted by Gasteiger charge is -2.37. The van der Waals surface area contributed by atoms with Crippen molar-refractivity contribution in [2.24, 2.45) is 17.1 Å². The molecule has 0 amide bonds. The van der Waals surface area contributed by atoms with E-state index in [1.165, 1.54) is 18.2 Å². The zero-order valence-corrected chi connectivity index (χ0v) is 11.8. The van der Waals surface area contributed by atoms with Gasteiger partial charge < -0.3 is 5.73 Å². The van der Waals surface area contributed by atoms with E-state index in [1.807, 2.05) is 0 Å². The van der Waals surface area contributed by atoms with Gasteiger partial charge in [0.2, 0.25) is 0 Å². The molecule has 2 rings (SSSR count). The molecule has 0 aliphatic heterocycles. The quantitative estimate of drug-likeness (QED) is 0.849. The molecule has 1 unspecified atom stereocenters. The Bertz CT molecular complexity index is 416. The number of hydrogen-bond donors (Lipinski definition) is 1. The lowest BCUT2D eigenvalue weighted by atomic mass is 9.70. The van der Waals surface area contributed by atoms with Crippen LogP contribution in [0.15, 0.2) is 18.2 Å². The van der Waals surface area contributed by atoms with E-state index >= 15 is 0 Å². The van der Waals surface area contributed by atoms with E-state index < -0.39 is 17.7 Å². The average molecular weight is 267 g/mol. The van der Waals surface area contributed by atoms with Crippen LogP contribution < -0.4 is 5.73 Å². The first kappa shape index (κ1) is 14.4. The van der Waals surface area contributed by atoms with Crippen molar-refractivity contribution < 1.29 is 8.78 Å². The molecule has 106 valence electrons. The molecule has 0 saturated heterocycles. The van der Waals surface area contributed by atoms with Crippen LogP contribution in [0.25, 0.3) is 0 Å². The third-order valence-electron chi connectivity index (χ3n) is 4.38. The lowest BCUT2D eigenvalue weighted by molar-refractivity contribution is 0.177. The lowest BCUT2D eigenvalue weighted by Crippen LogP contribution is -2.35. The maximum atomic E-state index is 13.9. The van der Waals surface area contributed by atoms with Crippen molar-refractivity contribution in [2.45, 2.75) is 52.0 Å². The molecule has 1 nitrogen and oxygen atoms in total. The number of halogens is 2. The van der Waals surface area contributed by atoms with Crippen LogP contribution in [0.1, 0.15) is 57.6 Å². The summed E-state index contributed by atoms with van der Waals surface area (Å²) in [6, 6.07) is 3.45. The summed E-state index contributed by atoms with van der Waals surface area (Å²) in [6.45, 7) is 4.29. The van der Waals surface area contributed by atoms with Gasteiger partial charge in [0.1, 0.15) is 11.6 Å². The van der Waals surface area contributed by atoms with Gasteiger partial charge in [-0.15, -0.1) is 0 Å². The summed E-state index contributed by atoms with van der Waals surface area (Å²) >= 11 is 0. The van der Waals surface area contributed by atoms with E-state index in [0.29, 0.717) is 5.92 Å². The maximum absolute atomic E-state index is 13.9. The fourth-order valence-corrected chi connectivity index (χ4v) is 3.65. The Labute approximate surface area is 114 Å². The van der Waals surface area contributed by atoms with Crippen LogP contribution in [0.5, 0.6) is 0 Å². The molecular formula is C16H23F2N. The summed E-state index contributed by atoms with van der Waals surface area (Å²) in [6.07, 6.45) is 5.09. The molecule has 0 spiro atoms. The highest BCUT2D eigenvalue weighted by Crippen LogP contribution is 2.51. The van der Waals surface area contributed by atoms with Gasteiger partial charge in [0.25, 0.3) is 0 Å². The standard InChI is InChI=1S/C16H23F2N/c1-11(2)10-16(8-3-4-9-16)15(19)14-12(17)6-5-7-13(14)18/h5-7,11,15H,3-4,8-10,19H2,1-2H3. The van der Waals surface area contributed by atoms with Gasteiger partial charge in [-0.05, 0) is 42.7 Å². The molecule has 2 N–H and O–H groups in total. The number of rotatable bonds is 4. The SMILES string of the molecule is CC(C)CC1(C(N)c2c(F)cccc2F)CCCC1.